The molecule has 3 amide bonds. The summed E-state index contributed by atoms with van der Waals surface area (Å²) in [4.78, 5) is 46.2. The van der Waals surface area contributed by atoms with Crippen LogP contribution in [0, 0.1) is 5.92 Å². The minimum atomic E-state index is -3.04. The van der Waals surface area contributed by atoms with E-state index in [1.807, 2.05) is 42.5 Å². The number of benzene rings is 4. The number of anilines is 2. The van der Waals surface area contributed by atoms with Crippen LogP contribution in [0.2, 0.25) is 0 Å². The number of nitrogens with zero attached hydrogens (tertiary/aromatic N) is 4. The number of piperazine rings is 1. The minimum absolute atomic E-state index is 0.0803. The first-order chi connectivity index (χ1) is 27.1. The van der Waals surface area contributed by atoms with Crippen molar-refractivity contribution < 1.29 is 28.3 Å². The number of piperidine rings is 2. The second-order valence-corrected chi connectivity index (χ2v) is 16.2. The summed E-state index contributed by atoms with van der Waals surface area (Å²) in [5.41, 5.74) is 6.21. The Hall–Kier alpha value is -5.29. The Bertz CT molecular complexity index is 2130. The van der Waals surface area contributed by atoms with Gasteiger partial charge in [-0.3, -0.25) is 24.6 Å². The number of nitrogens with one attached hydrogen (secondary N) is 1. The van der Waals surface area contributed by atoms with Crippen molar-refractivity contribution in [2.45, 2.75) is 62.4 Å². The molecule has 4 heterocycles. The van der Waals surface area contributed by atoms with E-state index in [-0.39, 0.29) is 47.8 Å². The average Bonchev–Trinajstić information content (AvgIpc) is 3.53. The van der Waals surface area contributed by atoms with Crippen molar-refractivity contribution in [3.05, 3.63) is 124 Å². The molecule has 9 rings (SSSR count). The molecule has 0 radical (unpaired) electrons. The molecule has 0 spiro atoms. The molecule has 3 atom stereocenters. The Kier molecular flexibility index (Phi) is 9.51. The van der Waals surface area contributed by atoms with Crippen molar-refractivity contribution in [1.82, 2.24) is 15.1 Å². The van der Waals surface area contributed by atoms with Crippen molar-refractivity contribution in [3.8, 4) is 5.75 Å². The lowest BCUT2D eigenvalue weighted by molar-refractivity contribution is -0.136. The van der Waals surface area contributed by atoms with Gasteiger partial charge in [0.05, 0.1) is 0 Å². The highest BCUT2D eigenvalue weighted by molar-refractivity contribution is 6.05. The predicted octanol–water partition coefficient (Wildman–Crippen LogP) is 6.60. The first kappa shape index (κ1) is 36.4. The second-order valence-electron chi connectivity index (χ2n) is 16.2. The van der Waals surface area contributed by atoms with Gasteiger partial charge >= 0.3 is 0 Å². The largest absolute Gasteiger partial charge is 0.508 e. The third-order valence-corrected chi connectivity index (χ3v) is 12.9. The number of imide groups is 1. The van der Waals surface area contributed by atoms with Crippen LogP contribution >= 0.6 is 0 Å². The van der Waals surface area contributed by atoms with E-state index in [2.05, 4.69) is 50.3 Å². The molecule has 290 valence electrons. The smallest absolute Gasteiger partial charge is 0.274 e. The van der Waals surface area contributed by atoms with Crippen molar-refractivity contribution in [2.75, 3.05) is 55.6 Å². The van der Waals surface area contributed by atoms with Crippen LogP contribution in [-0.2, 0) is 22.1 Å². The molecule has 0 aromatic heterocycles. The van der Waals surface area contributed by atoms with E-state index in [1.54, 1.807) is 11.0 Å². The number of amides is 3. The van der Waals surface area contributed by atoms with E-state index in [9.17, 15) is 19.5 Å². The summed E-state index contributed by atoms with van der Waals surface area (Å²) in [5.74, 6) is -4.04. The van der Waals surface area contributed by atoms with Gasteiger partial charge in [0, 0.05) is 99.5 Å². The van der Waals surface area contributed by atoms with Gasteiger partial charge in [0.1, 0.15) is 11.8 Å². The Morgan fingerprint density at radius 3 is 2.20 bits per heavy atom. The van der Waals surface area contributed by atoms with Crippen LogP contribution in [0.25, 0.3) is 0 Å². The topological polar surface area (TPSA) is 96.4 Å². The molecule has 0 saturated carbocycles. The Balaban J connectivity index is 0.793. The van der Waals surface area contributed by atoms with Gasteiger partial charge in [-0.05, 0) is 89.9 Å². The maximum atomic E-state index is 15.6. The second kappa shape index (κ2) is 14.7. The van der Waals surface area contributed by atoms with Gasteiger partial charge in [-0.2, -0.15) is 0 Å². The number of carbonyl (C=O) groups is 3. The van der Waals surface area contributed by atoms with Crippen molar-refractivity contribution in [1.29, 1.82) is 0 Å². The lowest BCUT2D eigenvalue weighted by Gasteiger charge is -2.40. The number of hydrogen-bond donors (Lipinski definition) is 2. The zero-order valence-corrected chi connectivity index (χ0v) is 31.4. The number of halogens is 2. The zero-order chi connectivity index (χ0) is 38.6. The van der Waals surface area contributed by atoms with Gasteiger partial charge in [-0.25, -0.2) is 8.78 Å². The number of aromatic hydroxyl groups is 1. The van der Waals surface area contributed by atoms with E-state index in [1.165, 1.54) is 12.1 Å². The summed E-state index contributed by atoms with van der Waals surface area (Å²) in [6.07, 6.45) is 2.50. The van der Waals surface area contributed by atoms with Crippen LogP contribution in [0.3, 0.4) is 0 Å². The third-order valence-electron chi connectivity index (χ3n) is 12.9. The number of alkyl halides is 2. The van der Waals surface area contributed by atoms with Crippen molar-refractivity contribution in [2.24, 2.45) is 5.92 Å². The normalized spacial score (nSPS) is 24.2. The fourth-order valence-electron chi connectivity index (χ4n) is 9.85. The number of phenols is 1. The quantitative estimate of drug-likeness (QED) is 0.205. The molecule has 11 heteroatoms. The highest BCUT2D eigenvalue weighted by Crippen LogP contribution is 2.55. The van der Waals surface area contributed by atoms with E-state index in [0.717, 1.165) is 86.7 Å². The maximum absolute atomic E-state index is 15.6. The van der Waals surface area contributed by atoms with Gasteiger partial charge < -0.3 is 19.8 Å². The van der Waals surface area contributed by atoms with E-state index < -0.39 is 17.9 Å². The van der Waals surface area contributed by atoms with Crippen LogP contribution in [0.15, 0.2) is 91.0 Å². The fourth-order valence-corrected chi connectivity index (χ4v) is 9.85. The molecule has 3 saturated heterocycles. The average molecular weight is 760 g/mol. The molecule has 4 aromatic rings. The SMILES string of the molecule is O=C1CC[C@@H](N2Cc3cc(N4CCN(CC5CCN(c6ccc([C@@H]7c8ccc(O)cc8C(F)(F)C[C@@H]7c7ccccc7)cc6)CC5)CC4)ccc3C2=O)C(=O)N1. The van der Waals surface area contributed by atoms with E-state index in [4.69, 9.17) is 0 Å². The van der Waals surface area contributed by atoms with Crippen LogP contribution in [0.4, 0.5) is 20.2 Å². The molecule has 0 bridgehead atoms. The van der Waals surface area contributed by atoms with Gasteiger partial charge in [0.15, 0.2) is 0 Å². The summed E-state index contributed by atoms with van der Waals surface area (Å²) >= 11 is 0. The highest BCUT2D eigenvalue weighted by atomic mass is 19.3. The first-order valence-electron chi connectivity index (χ1n) is 20.0. The van der Waals surface area contributed by atoms with Crippen LogP contribution in [0.1, 0.15) is 82.1 Å². The molecule has 3 fully saturated rings. The molecule has 4 aliphatic heterocycles. The van der Waals surface area contributed by atoms with Crippen molar-refractivity contribution >= 4 is 29.1 Å². The summed E-state index contributed by atoms with van der Waals surface area (Å²) in [7, 11) is 0. The van der Waals surface area contributed by atoms with Crippen LogP contribution in [0.5, 0.6) is 5.75 Å². The van der Waals surface area contributed by atoms with Crippen LogP contribution in [-0.4, -0.2) is 84.5 Å². The fraction of sp³-hybridized carbons (Fsp3) is 0.400. The first-order valence-corrected chi connectivity index (χ1v) is 20.0. The zero-order valence-electron chi connectivity index (χ0n) is 31.4. The molecule has 9 nitrogen and oxygen atoms in total. The summed E-state index contributed by atoms with van der Waals surface area (Å²) in [6.45, 7) is 7.15. The third kappa shape index (κ3) is 6.91. The number of fused-ring (bicyclic) bond motifs is 2. The Morgan fingerprint density at radius 1 is 0.750 bits per heavy atom. The van der Waals surface area contributed by atoms with Gasteiger partial charge in [-0.1, -0.05) is 48.5 Å². The summed E-state index contributed by atoms with van der Waals surface area (Å²) < 4.78 is 31.1. The molecular formula is C45H47F2N5O4. The standard InChI is InChI=1S/C45H47F2N5O4/c46-45(47)26-38(30-4-2-1-3-5-30)42(37-13-11-35(53)25-39(37)45)31-6-8-33(9-7-31)50-18-16-29(17-19-50)27-49-20-22-51(23-21-49)34-10-12-36-32(24-34)28-52(44(36)56)40-14-15-41(54)48-43(40)55/h1-13,24-25,29,38,40,42,53H,14-23,26-28H2,(H,48,54,55)/t38-,40-,42-/m1/s1. The van der Waals surface area contributed by atoms with Crippen LogP contribution < -0.4 is 15.1 Å². The summed E-state index contributed by atoms with van der Waals surface area (Å²) in [6, 6.07) is 27.9. The molecule has 56 heavy (non-hydrogen) atoms. The number of phenolic OH excluding ortho intramolecular Hbond substituents is 1. The van der Waals surface area contributed by atoms with Gasteiger partial charge in [0.2, 0.25) is 11.8 Å². The van der Waals surface area contributed by atoms with E-state index >= 15 is 8.78 Å². The lowest BCUT2D eigenvalue weighted by Crippen LogP contribution is -2.52. The molecule has 5 aliphatic rings. The summed E-state index contributed by atoms with van der Waals surface area (Å²) in [5, 5.41) is 12.5. The molecule has 2 N–H and O–H groups in total. The van der Waals surface area contributed by atoms with Crippen molar-refractivity contribution in [3.63, 3.8) is 0 Å². The number of carbonyl (C=O) groups excluding carboxylic acids is 3. The Labute approximate surface area is 325 Å². The molecular weight excluding hydrogens is 713 g/mol. The predicted molar refractivity (Wildman–Crippen MR) is 210 cm³/mol. The molecule has 4 aromatic carbocycles. The van der Waals surface area contributed by atoms with Gasteiger partial charge in [-0.15, -0.1) is 0 Å². The highest BCUT2D eigenvalue weighted by Gasteiger charge is 2.47. The number of hydrogen-bond acceptors (Lipinski definition) is 7. The monoisotopic (exact) mass is 759 g/mol. The molecule has 1 aliphatic carbocycles. The van der Waals surface area contributed by atoms with E-state index in [0.29, 0.717) is 30.0 Å². The number of rotatable bonds is 7. The lowest BCUT2D eigenvalue weighted by atomic mass is 9.68. The van der Waals surface area contributed by atoms with Gasteiger partial charge in [0.25, 0.3) is 11.8 Å². The maximum Gasteiger partial charge on any atom is 0.274 e. The Morgan fingerprint density at radius 2 is 1.46 bits per heavy atom. The minimum Gasteiger partial charge on any atom is -0.508 e. The molecule has 0 unspecified atom stereocenters.